The molecule has 0 amide bonds. The maximum Gasteiger partial charge on any atom is 0.159 e. The van der Waals surface area contributed by atoms with E-state index in [4.69, 9.17) is 11.5 Å². The summed E-state index contributed by atoms with van der Waals surface area (Å²) in [5.41, 5.74) is 16.6. The van der Waals surface area contributed by atoms with Gasteiger partial charge in [-0.1, -0.05) is 48.0 Å². The highest BCUT2D eigenvalue weighted by Crippen LogP contribution is 2.33. The molecule has 2 aromatic heterocycles. The van der Waals surface area contributed by atoms with Gasteiger partial charge in [-0.15, -0.1) is 10.2 Å². The Kier molecular flexibility index (Phi) is 3.16. The molecule has 0 saturated carbocycles. The molecule has 6 nitrogen and oxygen atoms in total. The molecule has 6 heteroatoms. The number of hydrogen-bond acceptors (Lipinski definition) is 5. The third kappa shape index (κ3) is 2.16. The molecule has 4 aromatic rings. The summed E-state index contributed by atoms with van der Waals surface area (Å²) in [5, 5.41) is 13.6. The lowest BCUT2D eigenvalue weighted by molar-refractivity contribution is 0.906. The largest absolute Gasteiger partial charge is 0.383 e. The first-order chi connectivity index (χ1) is 11.6. The molecule has 0 atom stereocenters. The summed E-state index contributed by atoms with van der Waals surface area (Å²) >= 11 is 0. The molecular formula is C18H16N6. The van der Waals surface area contributed by atoms with E-state index in [9.17, 15) is 0 Å². The van der Waals surface area contributed by atoms with E-state index in [0.29, 0.717) is 22.4 Å². The van der Waals surface area contributed by atoms with Crippen LogP contribution in [0.25, 0.3) is 27.8 Å². The molecule has 0 aliphatic carbocycles. The Labute approximate surface area is 138 Å². The van der Waals surface area contributed by atoms with E-state index in [1.165, 1.54) is 5.56 Å². The van der Waals surface area contributed by atoms with Crippen molar-refractivity contribution < 1.29 is 0 Å². The van der Waals surface area contributed by atoms with Crippen LogP contribution >= 0.6 is 0 Å². The van der Waals surface area contributed by atoms with Gasteiger partial charge < -0.3 is 11.5 Å². The second kappa shape index (κ2) is 5.34. The van der Waals surface area contributed by atoms with Gasteiger partial charge in [-0.3, -0.25) is 0 Å². The number of rotatable bonds is 2. The van der Waals surface area contributed by atoms with Crippen LogP contribution < -0.4 is 11.5 Å². The van der Waals surface area contributed by atoms with Crippen molar-refractivity contribution in [1.82, 2.24) is 20.0 Å². The van der Waals surface area contributed by atoms with Crippen molar-refractivity contribution in [2.24, 2.45) is 0 Å². The van der Waals surface area contributed by atoms with Gasteiger partial charge in [0.25, 0.3) is 0 Å². The number of hydrogen-bond donors (Lipinski definition) is 2. The molecule has 0 radical (unpaired) electrons. The van der Waals surface area contributed by atoms with E-state index >= 15 is 0 Å². The average molecular weight is 316 g/mol. The van der Waals surface area contributed by atoms with Gasteiger partial charge in [0, 0.05) is 5.56 Å². The summed E-state index contributed by atoms with van der Waals surface area (Å²) in [4.78, 5) is 0. The molecule has 0 unspecified atom stereocenters. The lowest BCUT2D eigenvalue weighted by Crippen LogP contribution is -2.01. The van der Waals surface area contributed by atoms with Crippen molar-refractivity contribution in [2.45, 2.75) is 6.92 Å². The Hall–Kier alpha value is -3.41. The summed E-state index contributed by atoms with van der Waals surface area (Å²) < 4.78 is 1.67. The van der Waals surface area contributed by atoms with Crippen molar-refractivity contribution in [2.75, 3.05) is 11.5 Å². The number of nitrogen functional groups attached to an aromatic ring is 2. The average Bonchev–Trinajstić information content (AvgIpc) is 2.95. The van der Waals surface area contributed by atoms with E-state index in [1.54, 1.807) is 4.68 Å². The fourth-order valence-electron chi connectivity index (χ4n) is 2.72. The van der Waals surface area contributed by atoms with Crippen LogP contribution in [0, 0.1) is 6.92 Å². The fraction of sp³-hybridized carbons (Fsp3) is 0.0556. The molecule has 0 aliphatic heterocycles. The van der Waals surface area contributed by atoms with Crippen molar-refractivity contribution >= 4 is 22.5 Å². The third-order valence-corrected chi connectivity index (χ3v) is 3.99. The lowest BCUT2D eigenvalue weighted by atomic mass is 10.1. The van der Waals surface area contributed by atoms with Crippen molar-refractivity contribution in [3.8, 4) is 16.9 Å². The summed E-state index contributed by atoms with van der Waals surface area (Å²) in [6, 6.07) is 17.7. The van der Waals surface area contributed by atoms with E-state index in [-0.39, 0.29) is 5.82 Å². The number of nitrogens with two attached hydrogens (primary N) is 2. The molecule has 2 aromatic carbocycles. The Morgan fingerprint density at radius 3 is 2.29 bits per heavy atom. The highest BCUT2D eigenvalue weighted by atomic mass is 15.3. The van der Waals surface area contributed by atoms with Crippen molar-refractivity contribution in [3.05, 3.63) is 60.2 Å². The minimum Gasteiger partial charge on any atom is -0.383 e. The molecule has 24 heavy (non-hydrogen) atoms. The van der Waals surface area contributed by atoms with Gasteiger partial charge in [-0.2, -0.15) is 5.10 Å². The highest BCUT2D eigenvalue weighted by molar-refractivity contribution is 6.03. The second-order valence-corrected chi connectivity index (χ2v) is 5.66. The normalized spacial score (nSPS) is 11.0. The zero-order valence-electron chi connectivity index (χ0n) is 13.1. The van der Waals surface area contributed by atoms with Gasteiger partial charge in [-0.05, 0) is 19.1 Å². The highest BCUT2D eigenvalue weighted by Gasteiger charge is 2.18. The molecule has 0 aliphatic rings. The Morgan fingerprint density at radius 2 is 1.58 bits per heavy atom. The molecule has 0 fully saturated rings. The SMILES string of the molecule is Cc1ccc(-c2nnc(N)c3c(N)n(-c4ccccc4)nc23)cc1. The minimum atomic E-state index is 0.278. The molecule has 0 spiro atoms. The molecule has 0 saturated heterocycles. The van der Waals surface area contributed by atoms with E-state index in [2.05, 4.69) is 15.3 Å². The first kappa shape index (κ1) is 14.2. The van der Waals surface area contributed by atoms with Crippen molar-refractivity contribution in [1.29, 1.82) is 0 Å². The van der Waals surface area contributed by atoms with Crippen LogP contribution in [0.4, 0.5) is 11.6 Å². The Morgan fingerprint density at radius 1 is 0.875 bits per heavy atom. The fourth-order valence-corrected chi connectivity index (χ4v) is 2.72. The predicted molar refractivity (Wildman–Crippen MR) is 95.7 cm³/mol. The first-order valence-corrected chi connectivity index (χ1v) is 7.58. The number of anilines is 2. The lowest BCUT2D eigenvalue weighted by Gasteiger charge is -2.03. The standard InChI is InChI=1S/C18H16N6/c1-11-7-9-12(10-8-11)15-16-14(17(19)22-21-15)18(20)24(23-16)13-5-3-2-4-6-13/h2-10H,20H2,1H3,(H2,19,22). The number of aromatic nitrogens is 4. The van der Waals surface area contributed by atoms with Gasteiger partial charge in [0.1, 0.15) is 17.0 Å². The Balaban J connectivity index is 2.01. The van der Waals surface area contributed by atoms with E-state index in [0.717, 1.165) is 11.3 Å². The van der Waals surface area contributed by atoms with Crippen LogP contribution in [0.3, 0.4) is 0 Å². The number of benzene rings is 2. The van der Waals surface area contributed by atoms with Crippen LogP contribution in [0.15, 0.2) is 54.6 Å². The van der Waals surface area contributed by atoms with Gasteiger partial charge in [-0.25, -0.2) is 4.68 Å². The Bertz CT molecular complexity index is 1020. The predicted octanol–water partition coefficient (Wildman–Crippen LogP) is 2.96. The smallest absolute Gasteiger partial charge is 0.159 e. The van der Waals surface area contributed by atoms with Crippen molar-refractivity contribution in [3.63, 3.8) is 0 Å². The second-order valence-electron chi connectivity index (χ2n) is 5.66. The van der Waals surface area contributed by atoms with Gasteiger partial charge >= 0.3 is 0 Å². The topological polar surface area (TPSA) is 95.6 Å². The molecule has 4 rings (SSSR count). The molecule has 118 valence electrons. The third-order valence-electron chi connectivity index (χ3n) is 3.99. The summed E-state index contributed by atoms with van der Waals surface area (Å²) in [5.74, 6) is 0.734. The summed E-state index contributed by atoms with van der Waals surface area (Å²) in [6.07, 6.45) is 0. The zero-order valence-corrected chi connectivity index (χ0v) is 13.1. The van der Waals surface area contributed by atoms with Gasteiger partial charge in [0.2, 0.25) is 0 Å². The van der Waals surface area contributed by atoms with E-state index < -0.39 is 0 Å². The van der Waals surface area contributed by atoms with Crippen LogP contribution in [0.1, 0.15) is 5.56 Å². The number of nitrogens with zero attached hydrogens (tertiary/aromatic N) is 4. The molecule has 0 bridgehead atoms. The minimum absolute atomic E-state index is 0.278. The first-order valence-electron chi connectivity index (χ1n) is 7.58. The van der Waals surface area contributed by atoms with Gasteiger partial charge in [0.15, 0.2) is 5.82 Å². The quantitative estimate of drug-likeness (QED) is 0.593. The number of aryl methyl sites for hydroxylation is 1. The van der Waals surface area contributed by atoms with Crippen LogP contribution in [0.2, 0.25) is 0 Å². The zero-order chi connectivity index (χ0) is 16.7. The maximum atomic E-state index is 6.30. The number of fused-ring (bicyclic) bond motifs is 1. The molecular weight excluding hydrogens is 300 g/mol. The van der Waals surface area contributed by atoms with Crippen LogP contribution in [-0.2, 0) is 0 Å². The van der Waals surface area contributed by atoms with Crippen LogP contribution in [-0.4, -0.2) is 20.0 Å². The summed E-state index contributed by atoms with van der Waals surface area (Å²) in [7, 11) is 0. The monoisotopic (exact) mass is 316 g/mol. The van der Waals surface area contributed by atoms with Crippen LogP contribution in [0.5, 0.6) is 0 Å². The number of para-hydroxylation sites is 1. The van der Waals surface area contributed by atoms with Gasteiger partial charge in [0.05, 0.1) is 11.1 Å². The van der Waals surface area contributed by atoms with E-state index in [1.807, 2.05) is 61.5 Å². The molecule has 4 N–H and O–H groups in total. The molecule has 2 heterocycles. The summed E-state index contributed by atoms with van der Waals surface area (Å²) in [6.45, 7) is 2.04. The maximum absolute atomic E-state index is 6.30.